The fourth-order valence-electron chi connectivity index (χ4n) is 3.01. The van der Waals surface area contributed by atoms with Crippen LogP contribution in [0.1, 0.15) is 30.8 Å². The molecule has 25 heavy (non-hydrogen) atoms. The maximum absolute atomic E-state index is 10.4. The van der Waals surface area contributed by atoms with Crippen LogP contribution in [0.3, 0.4) is 0 Å². The minimum Gasteiger partial charge on any atom is -0.372 e. The van der Waals surface area contributed by atoms with Gasteiger partial charge in [-0.3, -0.25) is 4.79 Å². The number of carbonyl (C=O) groups excluding carboxylic acids is 1. The molecule has 0 saturated carbocycles. The summed E-state index contributed by atoms with van der Waals surface area (Å²) < 4.78 is 0. The topological polar surface area (TPSA) is 49.0 Å². The highest BCUT2D eigenvalue weighted by Crippen LogP contribution is 2.21. The van der Waals surface area contributed by atoms with Gasteiger partial charge in [0.2, 0.25) is 0 Å². The number of aromatic nitrogens is 2. The number of rotatable bonds is 7. The van der Waals surface area contributed by atoms with E-state index < -0.39 is 0 Å². The first-order chi connectivity index (χ1) is 12.2. The van der Waals surface area contributed by atoms with Crippen molar-refractivity contribution in [3.05, 3.63) is 65.5 Å². The van der Waals surface area contributed by atoms with Gasteiger partial charge in [-0.05, 0) is 49.2 Å². The van der Waals surface area contributed by atoms with Crippen LogP contribution in [0.25, 0.3) is 17.1 Å². The first kappa shape index (κ1) is 17.0. The Morgan fingerprint density at radius 3 is 2.52 bits per heavy atom. The number of H-pyrrole nitrogens is 1. The van der Waals surface area contributed by atoms with Crippen molar-refractivity contribution in [2.45, 2.75) is 20.3 Å². The van der Waals surface area contributed by atoms with Gasteiger partial charge < -0.3 is 9.88 Å². The van der Waals surface area contributed by atoms with Crippen LogP contribution in [0, 0.1) is 0 Å². The normalized spacial score (nSPS) is 11.3. The largest absolute Gasteiger partial charge is 0.372 e. The molecule has 0 unspecified atom stereocenters. The van der Waals surface area contributed by atoms with Gasteiger partial charge in [-0.15, -0.1) is 0 Å². The highest BCUT2D eigenvalue weighted by molar-refractivity contribution is 5.79. The number of imidazole rings is 1. The molecule has 4 heteroatoms. The summed E-state index contributed by atoms with van der Waals surface area (Å²) in [6, 6.07) is 14.5. The van der Waals surface area contributed by atoms with Crippen molar-refractivity contribution < 1.29 is 4.79 Å². The molecule has 0 saturated heterocycles. The fraction of sp³-hybridized carbons (Fsp3) is 0.238. The molecule has 0 radical (unpaired) electrons. The quantitative estimate of drug-likeness (QED) is 0.520. The zero-order valence-corrected chi connectivity index (χ0v) is 14.7. The lowest BCUT2D eigenvalue weighted by molar-refractivity contribution is -0.104. The van der Waals surface area contributed by atoms with Crippen LogP contribution in [-0.4, -0.2) is 29.3 Å². The highest BCUT2D eigenvalue weighted by atomic mass is 16.1. The minimum absolute atomic E-state index is 0.757. The van der Waals surface area contributed by atoms with Crippen molar-refractivity contribution in [2.24, 2.45) is 0 Å². The maximum atomic E-state index is 10.4. The molecular formula is C21H23N3O. The third kappa shape index (κ3) is 3.97. The second-order valence-electron chi connectivity index (χ2n) is 5.97. The number of nitrogens with one attached hydrogen (secondary N) is 1. The minimum atomic E-state index is 0.757. The van der Waals surface area contributed by atoms with Crippen LogP contribution in [0.5, 0.6) is 0 Å². The number of allylic oxidation sites excluding steroid dienone is 1. The second kappa shape index (κ2) is 7.79. The van der Waals surface area contributed by atoms with Gasteiger partial charge >= 0.3 is 0 Å². The number of aromatic amines is 1. The molecule has 0 bridgehead atoms. The van der Waals surface area contributed by atoms with Gasteiger partial charge in [-0.25, -0.2) is 4.98 Å². The van der Waals surface area contributed by atoms with Gasteiger partial charge in [0, 0.05) is 25.2 Å². The van der Waals surface area contributed by atoms with E-state index in [0.29, 0.717) is 0 Å². The third-order valence-electron chi connectivity index (χ3n) is 4.36. The van der Waals surface area contributed by atoms with E-state index in [1.807, 2.05) is 12.1 Å². The molecule has 0 aliphatic heterocycles. The Labute approximate surface area is 148 Å². The average Bonchev–Trinajstić information content (AvgIpc) is 3.04. The Morgan fingerprint density at radius 2 is 1.84 bits per heavy atom. The molecule has 1 heterocycles. The van der Waals surface area contributed by atoms with E-state index in [1.54, 1.807) is 6.08 Å². The highest BCUT2D eigenvalue weighted by Gasteiger charge is 2.07. The van der Waals surface area contributed by atoms with E-state index in [0.717, 1.165) is 48.2 Å². The summed E-state index contributed by atoms with van der Waals surface area (Å²) >= 11 is 0. The Balaban J connectivity index is 1.79. The third-order valence-corrected chi connectivity index (χ3v) is 4.36. The van der Waals surface area contributed by atoms with Crippen molar-refractivity contribution in [1.29, 1.82) is 0 Å². The summed E-state index contributed by atoms with van der Waals surface area (Å²) in [7, 11) is 0. The molecule has 0 aliphatic rings. The Bertz CT molecular complexity index is 874. The number of hydrogen-bond acceptors (Lipinski definition) is 3. The number of fused-ring (bicyclic) bond motifs is 1. The van der Waals surface area contributed by atoms with E-state index in [4.69, 9.17) is 4.98 Å². The van der Waals surface area contributed by atoms with Gasteiger partial charge in [0.05, 0.1) is 11.0 Å². The number of carbonyl (C=O) groups is 1. The molecule has 4 nitrogen and oxygen atoms in total. The molecule has 0 spiro atoms. The van der Waals surface area contributed by atoms with Crippen molar-refractivity contribution in [3.63, 3.8) is 0 Å². The van der Waals surface area contributed by atoms with Gasteiger partial charge in [-0.1, -0.05) is 30.3 Å². The summed E-state index contributed by atoms with van der Waals surface area (Å²) in [6.07, 6.45) is 4.84. The van der Waals surface area contributed by atoms with Crippen LogP contribution in [0.2, 0.25) is 0 Å². The summed E-state index contributed by atoms with van der Waals surface area (Å²) in [5.74, 6) is 0.961. The lowest BCUT2D eigenvalue weighted by atomic mass is 10.1. The predicted molar refractivity (Wildman–Crippen MR) is 104 cm³/mol. The molecule has 128 valence electrons. The smallest absolute Gasteiger partial charge is 0.142 e. The summed E-state index contributed by atoms with van der Waals surface area (Å²) in [5.41, 5.74) is 5.50. The molecular weight excluding hydrogens is 310 g/mol. The monoisotopic (exact) mass is 333 g/mol. The van der Waals surface area contributed by atoms with Crippen LogP contribution in [0.15, 0.2) is 48.5 Å². The van der Waals surface area contributed by atoms with E-state index >= 15 is 0 Å². The van der Waals surface area contributed by atoms with Crippen molar-refractivity contribution in [2.75, 3.05) is 18.0 Å². The maximum Gasteiger partial charge on any atom is 0.142 e. The molecule has 0 atom stereocenters. The molecule has 3 aromatic rings. The molecule has 1 N–H and O–H groups in total. The molecule has 0 aliphatic carbocycles. The lowest BCUT2D eigenvalue weighted by Gasteiger charge is -2.20. The van der Waals surface area contributed by atoms with Crippen LogP contribution in [-0.2, 0) is 11.2 Å². The molecule has 0 amide bonds. The Hall–Kier alpha value is -2.88. The number of hydrogen-bond donors (Lipinski definition) is 1. The standard InChI is InChI=1S/C21H23N3O/c1-3-24(4-2)18-11-12-19-20(15-18)23-21(22-19)14-17-9-7-16(8-10-17)6-5-13-25/h5-13,15H,3-4,14H2,1-2H3,(H,22,23)/b6-5+. The number of anilines is 1. The van der Waals surface area contributed by atoms with Crippen molar-refractivity contribution >= 4 is 29.1 Å². The SMILES string of the molecule is CCN(CC)c1ccc2nc(Cc3ccc(/C=C/C=O)cc3)[nH]c2c1. The van der Waals surface area contributed by atoms with Gasteiger partial charge in [0.15, 0.2) is 0 Å². The van der Waals surface area contributed by atoms with Crippen LogP contribution in [0.4, 0.5) is 5.69 Å². The molecule has 3 rings (SSSR count). The Kier molecular flexibility index (Phi) is 5.29. The number of benzene rings is 2. The van der Waals surface area contributed by atoms with Crippen LogP contribution < -0.4 is 4.90 Å². The Morgan fingerprint density at radius 1 is 1.08 bits per heavy atom. The van der Waals surface area contributed by atoms with Crippen molar-refractivity contribution in [1.82, 2.24) is 9.97 Å². The van der Waals surface area contributed by atoms with Crippen LogP contribution >= 0.6 is 0 Å². The molecule has 1 aromatic heterocycles. The predicted octanol–water partition coefficient (Wildman–Crippen LogP) is 4.21. The van der Waals surface area contributed by atoms with Gasteiger partial charge in [0.25, 0.3) is 0 Å². The summed E-state index contributed by atoms with van der Waals surface area (Å²) in [6.45, 7) is 6.32. The van der Waals surface area contributed by atoms with Gasteiger partial charge in [0.1, 0.15) is 12.1 Å². The van der Waals surface area contributed by atoms with E-state index in [9.17, 15) is 4.79 Å². The van der Waals surface area contributed by atoms with Gasteiger partial charge in [-0.2, -0.15) is 0 Å². The van der Waals surface area contributed by atoms with E-state index in [1.165, 1.54) is 17.3 Å². The van der Waals surface area contributed by atoms with Crippen molar-refractivity contribution in [3.8, 4) is 0 Å². The molecule has 2 aromatic carbocycles. The number of nitrogens with zero attached hydrogens (tertiary/aromatic N) is 2. The number of aldehydes is 1. The first-order valence-corrected chi connectivity index (χ1v) is 8.68. The summed E-state index contributed by atoms with van der Waals surface area (Å²) in [4.78, 5) is 20.8. The lowest BCUT2D eigenvalue weighted by Crippen LogP contribution is -2.21. The average molecular weight is 333 g/mol. The first-order valence-electron chi connectivity index (χ1n) is 8.68. The zero-order valence-electron chi connectivity index (χ0n) is 14.7. The molecule has 0 fully saturated rings. The van der Waals surface area contributed by atoms with E-state index in [-0.39, 0.29) is 0 Å². The zero-order chi connectivity index (χ0) is 17.6. The fourth-order valence-corrected chi connectivity index (χ4v) is 3.01. The second-order valence-corrected chi connectivity index (χ2v) is 5.97. The van der Waals surface area contributed by atoms with E-state index in [2.05, 4.69) is 54.1 Å². The summed E-state index contributed by atoms with van der Waals surface area (Å²) in [5, 5.41) is 0.